The van der Waals surface area contributed by atoms with Gasteiger partial charge in [0, 0.05) is 15.6 Å². The Labute approximate surface area is 186 Å². The first-order chi connectivity index (χ1) is 13.8. The number of carbonyl (C=O) groups excluding carboxylic acids is 2. The lowest BCUT2D eigenvalue weighted by Crippen LogP contribution is -2.41. The fourth-order valence-corrected chi connectivity index (χ4v) is 4.69. The van der Waals surface area contributed by atoms with E-state index in [0.29, 0.717) is 30.5 Å². The van der Waals surface area contributed by atoms with Gasteiger partial charge in [0.2, 0.25) is 0 Å². The number of aliphatic hydroxyl groups is 1. The molecule has 0 fully saturated rings. The zero-order chi connectivity index (χ0) is 20.8. The number of benzene rings is 2. The Morgan fingerprint density at radius 1 is 1.00 bits per heavy atom. The van der Waals surface area contributed by atoms with Crippen molar-refractivity contribution in [3.8, 4) is 0 Å². The van der Waals surface area contributed by atoms with Crippen LogP contribution in [0.1, 0.15) is 27.2 Å². The Balaban J connectivity index is 1.71. The molecule has 0 spiro atoms. The minimum Gasteiger partial charge on any atom is -0.375 e. The van der Waals surface area contributed by atoms with Crippen molar-refractivity contribution in [3.05, 3.63) is 85.0 Å². The van der Waals surface area contributed by atoms with Crippen LogP contribution in [-0.2, 0) is 16.9 Å². The Morgan fingerprint density at radius 3 is 2.34 bits per heavy atom. The average Bonchev–Trinajstić information content (AvgIpc) is 3.20. The normalized spacial score (nSPS) is 18.2. The van der Waals surface area contributed by atoms with Gasteiger partial charge in [-0.05, 0) is 48.0 Å². The van der Waals surface area contributed by atoms with E-state index in [1.165, 1.54) is 11.0 Å². The molecule has 0 aliphatic carbocycles. The first kappa shape index (κ1) is 20.4. The van der Waals surface area contributed by atoms with E-state index in [1.54, 1.807) is 48.5 Å². The molecule has 0 saturated carbocycles. The highest BCUT2D eigenvalue weighted by Gasteiger charge is 2.51. The summed E-state index contributed by atoms with van der Waals surface area (Å²) in [6.45, 7) is 0.228. The van der Waals surface area contributed by atoms with Gasteiger partial charge in [-0.25, -0.2) is 0 Å². The van der Waals surface area contributed by atoms with E-state index < -0.39 is 17.9 Å². The van der Waals surface area contributed by atoms with Gasteiger partial charge in [0.15, 0.2) is 11.4 Å². The monoisotopic (exact) mass is 465 g/mol. The predicted octanol–water partition coefficient (Wildman–Crippen LogP) is 5.72. The molecule has 0 saturated heterocycles. The van der Waals surface area contributed by atoms with E-state index in [-0.39, 0.29) is 12.3 Å². The van der Waals surface area contributed by atoms with Crippen LogP contribution in [0.25, 0.3) is 0 Å². The average molecular weight is 467 g/mol. The summed E-state index contributed by atoms with van der Waals surface area (Å²) in [6, 6.07) is 15.1. The summed E-state index contributed by atoms with van der Waals surface area (Å²) in [7, 11) is 0. The van der Waals surface area contributed by atoms with Crippen molar-refractivity contribution in [1.82, 2.24) is 0 Å². The number of thiophene rings is 1. The molecular weight excluding hydrogens is 453 g/mol. The molecule has 29 heavy (non-hydrogen) atoms. The number of hydrogen-bond donors (Lipinski definition) is 1. The Kier molecular flexibility index (Phi) is 5.44. The molecule has 1 aliphatic heterocycles. The quantitative estimate of drug-likeness (QED) is 0.490. The van der Waals surface area contributed by atoms with E-state index in [4.69, 9.17) is 34.8 Å². The molecular formula is C21H14Cl3NO3S. The molecule has 1 amide bonds. The molecule has 1 atom stereocenters. The summed E-state index contributed by atoms with van der Waals surface area (Å²) in [4.78, 5) is 27.9. The Hall–Kier alpha value is -1.89. The van der Waals surface area contributed by atoms with Crippen molar-refractivity contribution in [3.63, 3.8) is 0 Å². The van der Waals surface area contributed by atoms with Crippen LogP contribution in [0, 0.1) is 0 Å². The molecule has 148 valence electrons. The summed E-state index contributed by atoms with van der Waals surface area (Å²) < 4.78 is 0.464. The lowest BCUT2D eigenvalue weighted by atomic mass is 9.89. The molecule has 0 bridgehead atoms. The Morgan fingerprint density at radius 2 is 1.69 bits per heavy atom. The zero-order valence-corrected chi connectivity index (χ0v) is 17.9. The van der Waals surface area contributed by atoms with E-state index in [0.717, 1.165) is 16.9 Å². The zero-order valence-electron chi connectivity index (χ0n) is 14.9. The molecule has 3 aromatic rings. The van der Waals surface area contributed by atoms with Gasteiger partial charge in [0.25, 0.3) is 5.91 Å². The molecule has 1 aromatic heterocycles. The maximum atomic E-state index is 13.3. The van der Waals surface area contributed by atoms with Gasteiger partial charge in [-0.2, -0.15) is 0 Å². The van der Waals surface area contributed by atoms with Gasteiger partial charge in [-0.1, -0.05) is 46.9 Å². The second-order valence-electron chi connectivity index (χ2n) is 6.74. The maximum absolute atomic E-state index is 13.3. The van der Waals surface area contributed by atoms with Crippen LogP contribution in [0.3, 0.4) is 0 Å². The van der Waals surface area contributed by atoms with Crippen LogP contribution in [0.15, 0.2) is 54.6 Å². The van der Waals surface area contributed by atoms with Gasteiger partial charge in [0.05, 0.1) is 27.9 Å². The molecule has 1 N–H and O–H groups in total. The molecule has 0 unspecified atom stereocenters. The van der Waals surface area contributed by atoms with Gasteiger partial charge in [-0.15, -0.1) is 11.3 Å². The van der Waals surface area contributed by atoms with E-state index in [2.05, 4.69) is 0 Å². The van der Waals surface area contributed by atoms with Crippen LogP contribution in [0.5, 0.6) is 0 Å². The number of carbonyl (C=O) groups is 2. The van der Waals surface area contributed by atoms with Crippen LogP contribution < -0.4 is 4.90 Å². The molecule has 2 heterocycles. The lowest BCUT2D eigenvalue weighted by Gasteiger charge is -2.22. The fraction of sp³-hybridized carbons (Fsp3) is 0.143. The smallest absolute Gasteiger partial charge is 0.264 e. The van der Waals surface area contributed by atoms with Crippen molar-refractivity contribution >= 4 is 63.5 Å². The third kappa shape index (κ3) is 3.81. The number of hydrogen-bond acceptors (Lipinski definition) is 4. The summed E-state index contributed by atoms with van der Waals surface area (Å²) >= 11 is 19.1. The number of ketones is 1. The van der Waals surface area contributed by atoms with E-state index >= 15 is 0 Å². The number of anilines is 1. The Bertz CT molecular complexity index is 1110. The van der Waals surface area contributed by atoms with Crippen molar-refractivity contribution in [2.24, 2.45) is 0 Å². The fourth-order valence-electron chi connectivity index (χ4n) is 3.41. The number of fused-ring (bicyclic) bond motifs is 1. The maximum Gasteiger partial charge on any atom is 0.264 e. The summed E-state index contributed by atoms with van der Waals surface area (Å²) in [5.74, 6) is -0.933. The second-order valence-corrected chi connectivity index (χ2v) is 9.33. The third-order valence-electron chi connectivity index (χ3n) is 4.81. The highest BCUT2D eigenvalue weighted by Crippen LogP contribution is 2.45. The standard InChI is InChI=1S/C21H14Cl3NO3S/c22-13-3-1-12(2-4-13)11-25-16-6-5-14(23)9-15(16)21(28,20(25)27)10-17(26)18-7-8-19(24)29-18/h1-9,28H,10-11H2/t21-/m0/s1. The minimum absolute atomic E-state index is 0.228. The number of nitrogens with zero attached hydrogens (tertiary/aromatic N) is 1. The van der Waals surface area contributed by atoms with Gasteiger partial charge in [-0.3, -0.25) is 9.59 Å². The first-order valence-corrected chi connectivity index (χ1v) is 10.6. The lowest BCUT2D eigenvalue weighted by molar-refractivity contribution is -0.136. The molecule has 0 radical (unpaired) electrons. The summed E-state index contributed by atoms with van der Waals surface area (Å²) in [5, 5.41) is 12.3. The van der Waals surface area contributed by atoms with Crippen LogP contribution >= 0.6 is 46.1 Å². The van der Waals surface area contributed by atoms with Crippen LogP contribution in [0.2, 0.25) is 14.4 Å². The van der Waals surface area contributed by atoms with Crippen LogP contribution in [-0.4, -0.2) is 16.8 Å². The molecule has 2 aromatic carbocycles. The minimum atomic E-state index is -2.00. The molecule has 8 heteroatoms. The van der Waals surface area contributed by atoms with Crippen molar-refractivity contribution in [1.29, 1.82) is 0 Å². The van der Waals surface area contributed by atoms with Gasteiger partial charge in [0.1, 0.15) is 0 Å². The van der Waals surface area contributed by atoms with Crippen molar-refractivity contribution in [2.75, 3.05) is 4.90 Å². The number of amides is 1. The van der Waals surface area contributed by atoms with E-state index in [1.807, 2.05) is 0 Å². The first-order valence-electron chi connectivity index (χ1n) is 8.65. The summed E-state index contributed by atoms with van der Waals surface area (Å²) in [5.41, 5.74) is -0.321. The van der Waals surface area contributed by atoms with Crippen LogP contribution in [0.4, 0.5) is 5.69 Å². The summed E-state index contributed by atoms with van der Waals surface area (Å²) in [6.07, 6.45) is -0.396. The molecule has 4 nitrogen and oxygen atoms in total. The van der Waals surface area contributed by atoms with E-state index in [9.17, 15) is 14.7 Å². The van der Waals surface area contributed by atoms with Gasteiger partial charge >= 0.3 is 0 Å². The number of Topliss-reactive ketones (excluding diaryl/α,β-unsaturated/α-hetero) is 1. The number of halogens is 3. The molecule has 1 aliphatic rings. The largest absolute Gasteiger partial charge is 0.375 e. The number of rotatable bonds is 5. The second kappa shape index (κ2) is 7.74. The third-order valence-corrected chi connectivity index (χ3v) is 6.57. The SMILES string of the molecule is O=C(C[C@@]1(O)C(=O)N(Cc2ccc(Cl)cc2)c2ccc(Cl)cc21)c1ccc(Cl)s1. The highest BCUT2D eigenvalue weighted by atomic mass is 35.5. The van der Waals surface area contributed by atoms with Crippen molar-refractivity contribution in [2.45, 2.75) is 18.6 Å². The van der Waals surface area contributed by atoms with Gasteiger partial charge < -0.3 is 10.0 Å². The molecule has 4 rings (SSSR count). The predicted molar refractivity (Wildman–Crippen MR) is 116 cm³/mol. The topological polar surface area (TPSA) is 57.6 Å². The highest BCUT2D eigenvalue weighted by molar-refractivity contribution is 7.18. The van der Waals surface area contributed by atoms with Crippen molar-refractivity contribution < 1.29 is 14.7 Å².